The summed E-state index contributed by atoms with van der Waals surface area (Å²) in [5.74, 6) is -0.990. The molecule has 1 aliphatic rings. The Kier molecular flexibility index (Phi) is 3.66. The second kappa shape index (κ2) is 4.60. The van der Waals surface area contributed by atoms with E-state index in [2.05, 4.69) is 6.58 Å². The summed E-state index contributed by atoms with van der Waals surface area (Å²) in [6.45, 7) is 5.65. The SMILES string of the molecule is C=CCC1(C)CCCC(=O)C1C(=O)OC. The number of ketones is 1. The minimum absolute atomic E-state index is 0.0115. The van der Waals surface area contributed by atoms with E-state index in [9.17, 15) is 9.59 Å². The predicted octanol–water partition coefficient (Wildman–Crippen LogP) is 2.11. The minimum Gasteiger partial charge on any atom is -0.468 e. The van der Waals surface area contributed by atoms with E-state index in [-0.39, 0.29) is 11.2 Å². The first-order valence-corrected chi connectivity index (χ1v) is 5.26. The molecule has 0 bridgehead atoms. The summed E-state index contributed by atoms with van der Waals surface area (Å²) in [5.41, 5.74) is -0.301. The third kappa shape index (κ3) is 2.28. The van der Waals surface area contributed by atoms with Crippen molar-refractivity contribution in [2.24, 2.45) is 11.3 Å². The van der Waals surface area contributed by atoms with Crippen LogP contribution in [0.15, 0.2) is 12.7 Å². The molecule has 0 heterocycles. The Hall–Kier alpha value is -1.12. The number of carbonyl (C=O) groups is 2. The Morgan fingerprint density at radius 1 is 1.73 bits per heavy atom. The third-order valence-corrected chi connectivity index (χ3v) is 3.24. The molecule has 15 heavy (non-hydrogen) atoms. The van der Waals surface area contributed by atoms with E-state index in [4.69, 9.17) is 4.74 Å². The maximum absolute atomic E-state index is 11.7. The molecule has 0 aromatic rings. The molecule has 84 valence electrons. The van der Waals surface area contributed by atoms with Gasteiger partial charge < -0.3 is 4.74 Å². The first-order valence-electron chi connectivity index (χ1n) is 5.26. The highest BCUT2D eigenvalue weighted by Crippen LogP contribution is 2.42. The first kappa shape index (κ1) is 12.0. The molecule has 3 nitrogen and oxygen atoms in total. The summed E-state index contributed by atoms with van der Waals surface area (Å²) in [6.07, 6.45) is 4.68. The van der Waals surface area contributed by atoms with E-state index in [0.717, 1.165) is 12.8 Å². The maximum Gasteiger partial charge on any atom is 0.316 e. The van der Waals surface area contributed by atoms with Crippen LogP contribution in [0.2, 0.25) is 0 Å². The van der Waals surface area contributed by atoms with Gasteiger partial charge in [0.05, 0.1) is 7.11 Å². The number of Topliss-reactive ketones (excluding diaryl/α,β-unsaturated/α-hetero) is 1. The lowest BCUT2D eigenvalue weighted by Gasteiger charge is -2.37. The summed E-state index contributed by atoms with van der Waals surface area (Å²) in [6, 6.07) is 0. The van der Waals surface area contributed by atoms with E-state index in [1.54, 1.807) is 6.08 Å². The molecule has 1 aliphatic carbocycles. The molecule has 1 fully saturated rings. The topological polar surface area (TPSA) is 43.4 Å². The molecule has 0 amide bonds. The Morgan fingerprint density at radius 3 is 2.93 bits per heavy atom. The number of esters is 1. The van der Waals surface area contributed by atoms with E-state index < -0.39 is 11.9 Å². The zero-order chi connectivity index (χ0) is 11.5. The average Bonchev–Trinajstić information content (AvgIpc) is 2.17. The molecule has 0 aromatic heterocycles. The normalized spacial score (nSPS) is 31.1. The number of hydrogen-bond donors (Lipinski definition) is 0. The van der Waals surface area contributed by atoms with Gasteiger partial charge in [0.1, 0.15) is 11.7 Å². The highest BCUT2D eigenvalue weighted by atomic mass is 16.5. The fourth-order valence-corrected chi connectivity index (χ4v) is 2.43. The molecule has 0 spiro atoms. The molecule has 0 aliphatic heterocycles. The van der Waals surface area contributed by atoms with Gasteiger partial charge in [0.2, 0.25) is 0 Å². The van der Waals surface area contributed by atoms with Crippen molar-refractivity contribution in [1.29, 1.82) is 0 Å². The van der Waals surface area contributed by atoms with E-state index in [1.807, 2.05) is 6.92 Å². The number of carbonyl (C=O) groups excluding carboxylic acids is 2. The smallest absolute Gasteiger partial charge is 0.316 e. The predicted molar refractivity (Wildman–Crippen MR) is 57.3 cm³/mol. The highest BCUT2D eigenvalue weighted by Gasteiger charge is 2.45. The molecular formula is C12H18O3. The molecule has 3 heteroatoms. The number of methoxy groups -OCH3 is 1. The Morgan fingerprint density at radius 2 is 2.40 bits per heavy atom. The zero-order valence-electron chi connectivity index (χ0n) is 9.41. The van der Waals surface area contributed by atoms with Gasteiger partial charge in [-0.25, -0.2) is 0 Å². The van der Waals surface area contributed by atoms with Crippen molar-refractivity contribution in [3.8, 4) is 0 Å². The number of allylic oxidation sites excluding steroid dienone is 1. The van der Waals surface area contributed by atoms with Gasteiger partial charge >= 0.3 is 5.97 Å². The monoisotopic (exact) mass is 210 g/mol. The average molecular weight is 210 g/mol. The standard InChI is InChI=1S/C12H18O3/c1-4-7-12(2)8-5-6-9(13)10(12)11(14)15-3/h4,10H,1,5-8H2,2-3H3. The summed E-state index contributed by atoms with van der Waals surface area (Å²) >= 11 is 0. The van der Waals surface area contributed by atoms with Gasteiger partial charge in [-0.2, -0.15) is 0 Å². The van der Waals surface area contributed by atoms with Gasteiger partial charge in [0.25, 0.3) is 0 Å². The van der Waals surface area contributed by atoms with Gasteiger partial charge in [0.15, 0.2) is 0 Å². The summed E-state index contributed by atoms with van der Waals surface area (Å²) in [4.78, 5) is 23.3. The molecule has 2 unspecified atom stereocenters. The van der Waals surface area contributed by atoms with Crippen LogP contribution in [0.4, 0.5) is 0 Å². The molecular weight excluding hydrogens is 192 g/mol. The van der Waals surface area contributed by atoms with Crippen molar-refractivity contribution in [1.82, 2.24) is 0 Å². The quantitative estimate of drug-likeness (QED) is 0.407. The first-order chi connectivity index (χ1) is 7.05. The fourth-order valence-electron chi connectivity index (χ4n) is 2.43. The maximum atomic E-state index is 11.7. The van der Waals surface area contributed by atoms with Gasteiger partial charge in [0, 0.05) is 6.42 Å². The van der Waals surface area contributed by atoms with E-state index in [0.29, 0.717) is 12.8 Å². The van der Waals surface area contributed by atoms with Crippen LogP contribution in [0.3, 0.4) is 0 Å². The van der Waals surface area contributed by atoms with Crippen LogP contribution in [0.5, 0.6) is 0 Å². The summed E-state index contributed by atoms with van der Waals surface area (Å²) in [7, 11) is 1.33. The van der Waals surface area contributed by atoms with Crippen LogP contribution < -0.4 is 0 Å². The molecule has 0 aromatic carbocycles. The third-order valence-electron chi connectivity index (χ3n) is 3.24. The van der Waals surface area contributed by atoms with Gasteiger partial charge in [-0.15, -0.1) is 6.58 Å². The summed E-state index contributed by atoms with van der Waals surface area (Å²) in [5, 5.41) is 0. The second-order valence-corrected chi connectivity index (χ2v) is 4.42. The Labute approximate surface area is 90.5 Å². The van der Waals surface area contributed by atoms with Crippen LogP contribution in [0.25, 0.3) is 0 Å². The van der Waals surface area contributed by atoms with Crippen LogP contribution in [-0.2, 0) is 14.3 Å². The molecule has 2 atom stereocenters. The Balaban J connectivity index is 2.95. The van der Waals surface area contributed by atoms with Crippen molar-refractivity contribution in [2.75, 3.05) is 7.11 Å². The lowest BCUT2D eigenvalue weighted by atomic mass is 9.65. The van der Waals surface area contributed by atoms with Crippen molar-refractivity contribution < 1.29 is 14.3 Å². The van der Waals surface area contributed by atoms with Crippen LogP contribution in [-0.4, -0.2) is 18.9 Å². The number of hydrogen-bond acceptors (Lipinski definition) is 3. The van der Waals surface area contributed by atoms with Crippen molar-refractivity contribution in [3.05, 3.63) is 12.7 Å². The number of ether oxygens (including phenoxy) is 1. The second-order valence-electron chi connectivity index (χ2n) is 4.42. The van der Waals surface area contributed by atoms with Crippen molar-refractivity contribution >= 4 is 11.8 Å². The Bertz CT molecular complexity index is 275. The summed E-state index contributed by atoms with van der Waals surface area (Å²) < 4.78 is 4.71. The largest absolute Gasteiger partial charge is 0.468 e. The molecule has 1 rings (SSSR count). The van der Waals surface area contributed by atoms with Gasteiger partial charge in [-0.1, -0.05) is 13.0 Å². The van der Waals surface area contributed by atoms with Crippen LogP contribution in [0, 0.1) is 11.3 Å². The number of rotatable bonds is 3. The van der Waals surface area contributed by atoms with E-state index >= 15 is 0 Å². The van der Waals surface area contributed by atoms with E-state index in [1.165, 1.54) is 7.11 Å². The molecule has 0 N–H and O–H groups in total. The zero-order valence-corrected chi connectivity index (χ0v) is 9.41. The van der Waals surface area contributed by atoms with Crippen molar-refractivity contribution in [2.45, 2.75) is 32.6 Å². The minimum atomic E-state index is -0.603. The van der Waals surface area contributed by atoms with Crippen LogP contribution in [0.1, 0.15) is 32.6 Å². The highest BCUT2D eigenvalue weighted by molar-refractivity contribution is 6.00. The fraction of sp³-hybridized carbons (Fsp3) is 0.667. The molecule has 1 saturated carbocycles. The molecule has 0 radical (unpaired) electrons. The lowest BCUT2D eigenvalue weighted by molar-refractivity contribution is -0.157. The van der Waals surface area contributed by atoms with Gasteiger partial charge in [-0.05, 0) is 24.7 Å². The van der Waals surface area contributed by atoms with Crippen LogP contribution >= 0.6 is 0 Å². The lowest BCUT2D eigenvalue weighted by Crippen LogP contribution is -2.42. The van der Waals surface area contributed by atoms with Gasteiger partial charge in [-0.3, -0.25) is 9.59 Å². The molecule has 0 saturated heterocycles. The van der Waals surface area contributed by atoms with Crippen molar-refractivity contribution in [3.63, 3.8) is 0 Å².